The molecule has 27 heavy (non-hydrogen) atoms. The van der Waals surface area contributed by atoms with Crippen LogP contribution >= 0.6 is 0 Å². The van der Waals surface area contributed by atoms with Gasteiger partial charge in [0.05, 0.1) is 11.9 Å². The average molecular weight is 363 g/mol. The van der Waals surface area contributed by atoms with Crippen molar-refractivity contribution in [3.05, 3.63) is 65.6 Å². The van der Waals surface area contributed by atoms with Crippen molar-refractivity contribution in [2.75, 3.05) is 0 Å². The van der Waals surface area contributed by atoms with Gasteiger partial charge in [0.2, 0.25) is 0 Å². The van der Waals surface area contributed by atoms with Crippen molar-refractivity contribution in [3.8, 4) is 11.3 Å². The van der Waals surface area contributed by atoms with E-state index >= 15 is 0 Å². The summed E-state index contributed by atoms with van der Waals surface area (Å²) < 4.78 is 53.8. The Morgan fingerprint density at radius 3 is 2.78 bits per heavy atom. The molecular weight excluding hydrogens is 337 g/mol. The van der Waals surface area contributed by atoms with Crippen LogP contribution in [0.2, 0.25) is 0 Å². The number of hydrogen-bond acceptors (Lipinski definition) is 2. The summed E-state index contributed by atoms with van der Waals surface area (Å²) in [6.07, 6.45) is 5.09. The number of benzene rings is 2. The summed E-state index contributed by atoms with van der Waals surface area (Å²) in [4.78, 5) is 4.22. The quantitative estimate of drug-likeness (QED) is 0.378. The molecule has 1 fully saturated rings. The van der Waals surface area contributed by atoms with Crippen molar-refractivity contribution in [3.63, 3.8) is 0 Å². The first-order chi connectivity index (χ1) is 14.8. The van der Waals surface area contributed by atoms with E-state index < -0.39 is 18.6 Å². The zero-order chi connectivity index (χ0) is 21.8. The molecule has 1 saturated carbocycles. The van der Waals surface area contributed by atoms with E-state index in [9.17, 15) is 4.39 Å². The van der Waals surface area contributed by atoms with Crippen LogP contribution in [0.5, 0.6) is 0 Å². The molecule has 3 heteroatoms. The van der Waals surface area contributed by atoms with E-state index in [1.165, 1.54) is 0 Å². The van der Waals surface area contributed by atoms with Gasteiger partial charge in [-0.1, -0.05) is 37.5 Å². The van der Waals surface area contributed by atoms with Crippen LogP contribution in [-0.2, 0) is 0 Å². The lowest BCUT2D eigenvalue weighted by Crippen LogP contribution is -2.07. The minimum atomic E-state index is -2.39. The first kappa shape index (κ1) is 12.7. The minimum Gasteiger partial charge on any atom is -0.456 e. The lowest BCUT2D eigenvalue weighted by molar-refractivity contribution is 0.429. The molecule has 0 N–H and O–H groups in total. The van der Waals surface area contributed by atoms with Crippen LogP contribution in [0.1, 0.15) is 54.6 Å². The van der Waals surface area contributed by atoms with Crippen LogP contribution in [0, 0.1) is 12.7 Å². The van der Waals surface area contributed by atoms with E-state index in [-0.39, 0.29) is 5.56 Å². The van der Waals surface area contributed by atoms with Gasteiger partial charge in [0.1, 0.15) is 17.0 Å². The van der Waals surface area contributed by atoms with E-state index in [1.54, 1.807) is 18.2 Å². The Labute approximate surface area is 163 Å². The molecule has 4 aromatic rings. The molecule has 2 aromatic carbocycles. The highest BCUT2D eigenvalue weighted by Gasteiger charge is 2.21. The highest BCUT2D eigenvalue weighted by molar-refractivity contribution is 6.06. The molecule has 0 bridgehead atoms. The third-order valence-corrected chi connectivity index (χ3v) is 5.49. The number of rotatable bonds is 2. The number of aryl methyl sites for hydroxylation is 1. The largest absolute Gasteiger partial charge is 0.456 e. The van der Waals surface area contributed by atoms with Gasteiger partial charge in [-0.3, -0.25) is 4.98 Å². The summed E-state index contributed by atoms with van der Waals surface area (Å²) in [5.41, 5.74) is 2.38. The Morgan fingerprint density at radius 2 is 1.93 bits per heavy atom. The molecule has 0 aliphatic heterocycles. The van der Waals surface area contributed by atoms with Crippen molar-refractivity contribution >= 4 is 21.9 Å². The van der Waals surface area contributed by atoms with Gasteiger partial charge in [-0.2, -0.15) is 0 Å². The molecule has 0 saturated heterocycles. The van der Waals surface area contributed by atoms with Crippen molar-refractivity contribution in [1.29, 1.82) is 0 Å². The second-order valence-corrected chi connectivity index (χ2v) is 7.21. The van der Waals surface area contributed by atoms with Crippen LogP contribution in [0.25, 0.3) is 33.2 Å². The Hall–Kier alpha value is -2.68. The molecule has 136 valence electrons. The monoisotopic (exact) mass is 363 g/mol. The van der Waals surface area contributed by atoms with Crippen molar-refractivity contribution in [2.45, 2.75) is 44.8 Å². The molecule has 0 spiro atoms. The van der Waals surface area contributed by atoms with E-state index in [1.807, 2.05) is 24.3 Å². The molecule has 0 atom stereocenters. The first-order valence-corrected chi connectivity index (χ1v) is 9.38. The van der Waals surface area contributed by atoms with Gasteiger partial charge in [0, 0.05) is 21.8 Å². The zero-order valence-electron chi connectivity index (χ0n) is 18.9. The second kappa shape index (κ2) is 6.49. The standard InChI is InChI=1S/C24H22FNO/c1-15-11-20-17-9-5-6-10-23(17)27-24(20)13-18(15)22-12-19(21(25)14-26-22)16-7-3-2-4-8-16/h5-6,9-14,16H,2-4,7-8H2,1H3/i1D3,16D. The maximum atomic E-state index is 14.7. The fourth-order valence-corrected chi connectivity index (χ4v) is 4.09. The number of nitrogens with zero attached hydrogens (tertiary/aromatic N) is 1. The summed E-state index contributed by atoms with van der Waals surface area (Å²) in [5.74, 6) is -1.52. The average Bonchev–Trinajstić information content (AvgIpc) is 3.11. The van der Waals surface area contributed by atoms with Crippen LogP contribution in [0.3, 0.4) is 0 Å². The van der Waals surface area contributed by atoms with Crippen molar-refractivity contribution in [1.82, 2.24) is 4.98 Å². The smallest absolute Gasteiger partial charge is 0.144 e. The Kier molecular flexibility index (Phi) is 3.04. The maximum Gasteiger partial charge on any atom is 0.144 e. The molecule has 2 aromatic heterocycles. The molecule has 2 heterocycles. The van der Waals surface area contributed by atoms with Gasteiger partial charge < -0.3 is 4.42 Å². The Bertz CT molecular complexity index is 1290. The Balaban J connectivity index is 1.74. The van der Waals surface area contributed by atoms with Gasteiger partial charge in [0.15, 0.2) is 0 Å². The summed E-state index contributed by atoms with van der Waals surface area (Å²) in [6, 6.07) is 12.3. The third kappa shape index (κ3) is 2.82. The molecule has 1 aliphatic rings. The van der Waals surface area contributed by atoms with E-state index in [0.29, 0.717) is 40.8 Å². The summed E-state index contributed by atoms with van der Waals surface area (Å²) in [6.45, 7) is -2.39. The fourth-order valence-electron chi connectivity index (χ4n) is 4.09. The van der Waals surface area contributed by atoms with Gasteiger partial charge >= 0.3 is 0 Å². The lowest BCUT2D eigenvalue weighted by atomic mass is 9.83. The van der Waals surface area contributed by atoms with Crippen LogP contribution in [0.4, 0.5) is 4.39 Å². The van der Waals surface area contributed by atoms with E-state index in [0.717, 1.165) is 36.2 Å². The number of pyridine rings is 1. The van der Waals surface area contributed by atoms with Crippen molar-refractivity contribution < 1.29 is 14.3 Å². The summed E-state index contributed by atoms with van der Waals surface area (Å²) in [7, 11) is 0. The number of halogens is 1. The van der Waals surface area contributed by atoms with Crippen molar-refractivity contribution in [2.24, 2.45) is 0 Å². The van der Waals surface area contributed by atoms with E-state index in [2.05, 4.69) is 4.98 Å². The van der Waals surface area contributed by atoms with Gasteiger partial charge in [-0.15, -0.1) is 0 Å². The molecule has 0 unspecified atom stereocenters. The normalized spacial score (nSPS) is 19.4. The molecule has 1 aliphatic carbocycles. The third-order valence-electron chi connectivity index (χ3n) is 5.49. The number of furan rings is 1. The predicted octanol–water partition coefficient (Wildman–Crippen LogP) is 7.14. The zero-order valence-corrected chi connectivity index (χ0v) is 14.9. The number of aromatic nitrogens is 1. The fraction of sp³-hybridized carbons (Fsp3) is 0.292. The first-order valence-electron chi connectivity index (χ1n) is 11.4. The van der Waals surface area contributed by atoms with Crippen LogP contribution in [-0.4, -0.2) is 4.98 Å². The SMILES string of the molecule is [2H]C([2H])([2H])c1cc2c(cc1-c1cc(C3([2H])CCCCC3)c(F)cn1)oc1ccccc12. The van der Waals surface area contributed by atoms with Gasteiger partial charge in [-0.05, 0) is 61.0 Å². The maximum absolute atomic E-state index is 14.7. The number of hydrogen-bond donors (Lipinski definition) is 0. The second-order valence-electron chi connectivity index (χ2n) is 7.21. The lowest BCUT2D eigenvalue weighted by Gasteiger charge is -2.22. The highest BCUT2D eigenvalue weighted by atomic mass is 19.1. The number of para-hydroxylation sites is 1. The molecular formula is C24H22FNO. The van der Waals surface area contributed by atoms with E-state index in [4.69, 9.17) is 9.90 Å². The topological polar surface area (TPSA) is 26.0 Å². The van der Waals surface area contributed by atoms with Gasteiger partial charge in [-0.25, -0.2) is 4.39 Å². The summed E-state index contributed by atoms with van der Waals surface area (Å²) >= 11 is 0. The summed E-state index contributed by atoms with van der Waals surface area (Å²) in [5, 5.41) is 1.56. The molecule has 5 rings (SSSR count). The van der Waals surface area contributed by atoms with Gasteiger partial charge in [0.25, 0.3) is 0 Å². The molecule has 0 radical (unpaired) electrons. The number of fused-ring (bicyclic) bond motifs is 3. The molecule has 2 nitrogen and oxygen atoms in total. The van der Waals surface area contributed by atoms with Crippen LogP contribution < -0.4 is 0 Å². The predicted molar refractivity (Wildman–Crippen MR) is 107 cm³/mol. The highest BCUT2D eigenvalue weighted by Crippen LogP contribution is 2.37. The Morgan fingerprint density at radius 1 is 1.07 bits per heavy atom. The molecule has 0 amide bonds. The van der Waals surface area contributed by atoms with Crippen LogP contribution in [0.15, 0.2) is 53.1 Å². The minimum absolute atomic E-state index is 0.138.